The number of unbranched alkanes of at least 4 members (excludes halogenated alkanes) is 23. The van der Waals surface area contributed by atoms with Gasteiger partial charge in [0.1, 0.15) is 0 Å². The van der Waals surface area contributed by atoms with Crippen LogP contribution in [0.1, 0.15) is 246 Å². The predicted molar refractivity (Wildman–Crippen MR) is 232 cm³/mol. The normalized spacial score (nSPS) is 12.7. The molecule has 0 aromatic heterocycles. The zero-order chi connectivity index (χ0) is 39.6. The van der Waals surface area contributed by atoms with Crippen LogP contribution in [0.4, 0.5) is 0 Å². The number of hydrogen-bond donors (Lipinski definition) is 1. The fourth-order valence-corrected chi connectivity index (χ4v) is 7.68. The Bertz CT molecular complexity index is 776. The lowest BCUT2D eigenvalue weighted by atomic mass is 9.94. The highest BCUT2D eigenvalue weighted by atomic mass is 16.5. The minimum absolute atomic E-state index is 0.0553. The maximum atomic E-state index is 13.0. The van der Waals surface area contributed by atoms with Crippen LogP contribution >= 0.6 is 0 Å². The molecule has 0 aliphatic heterocycles. The molecule has 0 aromatic carbocycles. The van der Waals surface area contributed by atoms with E-state index < -0.39 is 0 Å². The Morgan fingerprint density at radius 3 is 1.02 bits per heavy atom. The average molecular weight is 766 g/mol. The molecule has 1 N–H and O–H groups in total. The van der Waals surface area contributed by atoms with Gasteiger partial charge in [-0.2, -0.15) is 0 Å². The van der Waals surface area contributed by atoms with Gasteiger partial charge in [0.05, 0.1) is 25.0 Å². The lowest BCUT2D eigenvalue weighted by molar-refractivity contribution is -0.150. The number of aliphatic hydroxyl groups excluding tert-OH is 1. The van der Waals surface area contributed by atoms with Crippen LogP contribution in [-0.4, -0.2) is 61.4 Å². The minimum Gasteiger partial charge on any atom is -0.465 e. The Kier molecular flexibility index (Phi) is 42.1. The monoisotopic (exact) mass is 766 g/mol. The molecule has 0 aliphatic carbocycles. The first-order valence-electron chi connectivity index (χ1n) is 24.2. The molecule has 0 radical (unpaired) electrons. The number of aliphatic hydroxyl groups is 1. The summed E-state index contributed by atoms with van der Waals surface area (Å²) in [5.74, 6) is 0.298. The molecule has 2 atom stereocenters. The van der Waals surface area contributed by atoms with Crippen molar-refractivity contribution in [1.29, 1.82) is 0 Å². The molecular formula is C48H95NO5. The van der Waals surface area contributed by atoms with E-state index in [0.717, 1.165) is 116 Å². The van der Waals surface area contributed by atoms with Crippen LogP contribution in [0, 0.1) is 11.8 Å². The second-order valence-corrected chi connectivity index (χ2v) is 16.6. The van der Waals surface area contributed by atoms with E-state index in [1.54, 1.807) is 0 Å². The van der Waals surface area contributed by atoms with Crippen LogP contribution in [-0.2, 0) is 19.1 Å². The van der Waals surface area contributed by atoms with Gasteiger partial charge in [0.25, 0.3) is 0 Å². The third-order valence-corrected chi connectivity index (χ3v) is 11.4. The van der Waals surface area contributed by atoms with E-state index in [2.05, 4.69) is 32.6 Å². The number of rotatable bonds is 44. The highest BCUT2D eigenvalue weighted by Gasteiger charge is 2.20. The van der Waals surface area contributed by atoms with Gasteiger partial charge in [-0.3, -0.25) is 9.59 Å². The van der Waals surface area contributed by atoms with E-state index in [-0.39, 0.29) is 30.4 Å². The number of carbonyl (C=O) groups is 2. The fraction of sp³-hybridized carbons (Fsp3) is 0.958. The summed E-state index contributed by atoms with van der Waals surface area (Å²) < 4.78 is 11.6. The Morgan fingerprint density at radius 2 is 0.667 bits per heavy atom. The van der Waals surface area contributed by atoms with Crippen LogP contribution < -0.4 is 0 Å². The van der Waals surface area contributed by atoms with Gasteiger partial charge in [-0.25, -0.2) is 0 Å². The number of hydrogen-bond acceptors (Lipinski definition) is 6. The second-order valence-electron chi connectivity index (χ2n) is 16.6. The molecule has 0 spiro atoms. The molecule has 6 heteroatoms. The second kappa shape index (κ2) is 43.0. The van der Waals surface area contributed by atoms with E-state index in [9.17, 15) is 14.7 Å². The molecule has 54 heavy (non-hydrogen) atoms. The highest BCUT2D eigenvalue weighted by Crippen LogP contribution is 2.22. The molecule has 0 rings (SSSR count). The molecule has 0 amide bonds. The predicted octanol–water partition coefficient (Wildman–Crippen LogP) is 13.9. The molecule has 0 aliphatic rings. The van der Waals surface area contributed by atoms with Gasteiger partial charge in [-0.1, -0.05) is 175 Å². The van der Waals surface area contributed by atoms with Crippen LogP contribution in [0.15, 0.2) is 0 Å². The van der Waals surface area contributed by atoms with Crippen LogP contribution in [0.2, 0.25) is 0 Å². The average Bonchev–Trinajstić information content (AvgIpc) is 3.17. The topological polar surface area (TPSA) is 76.1 Å². The van der Waals surface area contributed by atoms with Gasteiger partial charge >= 0.3 is 11.9 Å². The molecule has 2 unspecified atom stereocenters. The summed E-state index contributed by atoms with van der Waals surface area (Å²) in [5.41, 5.74) is 0. The first kappa shape index (κ1) is 52.9. The zero-order valence-corrected chi connectivity index (χ0v) is 37.0. The Balaban J connectivity index is 4.41. The molecule has 0 aromatic rings. The van der Waals surface area contributed by atoms with Crippen molar-refractivity contribution in [2.24, 2.45) is 11.8 Å². The fourth-order valence-electron chi connectivity index (χ4n) is 7.68. The maximum Gasteiger partial charge on any atom is 0.308 e. The summed E-state index contributed by atoms with van der Waals surface area (Å²) in [7, 11) is 0. The van der Waals surface area contributed by atoms with Crippen molar-refractivity contribution in [2.75, 3.05) is 39.5 Å². The summed E-state index contributed by atoms with van der Waals surface area (Å²) in [4.78, 5) is 28.6. The summed E-state index contributed by atoms with van der Waals surface area (Å²) in [6, 6.07) is 0. The molecule has 0 heterocycles. The van der Waals surface area contributed by atoms with E-state index in [1.807, 2.05) is 0 Å². The molecular weight excluding hydrogens is 671 g/mol. The molecule has 0 fully saturated rings. The summed E-state index contributed by atoms with van der Waals surface area (Å²) >= 11 is 0. The molecule has 0 bridgehead atoms. The Hall–Kier alpha value is -1.14. The van der Waals surface area contributed by atoms with Gasteiger partial charge in [-0.05, 0) is 90.3 Å². The van der Waals surface area contributed by atoms with Crippen molar-refractivity contribution >= 4 is 11.9 Å². The smallest absolute Gasteiger partial charge is 0.308 e. The standard InChI is InChI=1S/C48H95NO5/c1-5-9-13-17-19-28-38-46(36-26-16-12-8-4)48(52)54-44-34-23-21-30-40-49(41-31-24-32-42-50)39-29-20-22-33-43-53-47(51)45(35-25-15-11-7-3)37-27-18-14-10-6-2/h45-46,50H,5-44H2,1-4H3. The quantitative estimate of drug-likeness (QED) is 0.0492. The van der Waals surface area contributed by atoms with Gasteiger partial charge in [0.2, 0.25) is 0 Å². The highest BCUT2D eigenvalue weighted by molar-refractivity contribution is 5.72. The number of esters is 2. The molecule has 0 saturated heterocycles. The lowest BCUT2D eigenvalue weighted by Gasteiger charge is -2.22. The van der Waals surface area contributed by atoms with Crippen molar-refractivity contribution in [3.8, 4) is 0 Å². The largest absolute Gasteiger partial charge is 0.465 e. The minimum atomic E-state index is 0.0553. The van der Waals surface area contributed by atoms with Crippen LogP contribution in [0.25, 0.3) is 0 Å². The number of carbonyl (C=O) groups excluding carboxylic acids is 2. The van der Waals surface area contributed by atoms with Crippen LogP contribution in [0.3, 0.4) is 0 Å². The Labute approximate surface area is 337 Å². The van der Waals surface area contributed by atoms with Crippen molar-refractivity contribution in [3.63, 3.8) is 0 Å². The third-order valence-electron chi connectivity index (χ3n) is 11.4. The van der Waals surface area contributed by atoms with E-state index in [4.69, 9.17) is 9.47 Å². The first-order valence-corrected chi connectivity index (χ1v) is 24.2. The van der Waals surface area contributed by atoms with Crippen molar-refractivity contribution in [2.45, 2.75) is 246 Å². The summed E-state index contributed by atoms with van der Waals surface area (Å²) in [6.07, 6.45) is 39.5. The first-order chi connectivity index (χ1) is 26.5. The third kappa shape index (κ3) is 35.3. The number of ether oxygens (including phenoxy) is 2. The van der Waals surface area contributed by atoms with E-state index in [1.165, 1.54) is 122 Å². The van der Waals surface area contributed by atoms with Crippen molar-refractivity contribution in [1.82, 2.24) is 4.90 Å². The zero-order valence-electron chi connectivity index (χ0n) is 37.0. The van der Waals surface area contributed by atoms with Gasteiger partial charge in [0.15, 0.2) is 0 Å². The van der Waals surface area contributed by atoms with Crippen molar-refractivity contribution in [3.05, 3.63) is 0 Å². The lowest BCUT2D eigenvalue weighted by Crippen LogP contribution is -2.27. The summed E-state index contributed by atoms with van der Waals surface area (Å²) in [6.45, 7) is 13.7. The SMILES string of the molecule is CCCCCCCCC(CCCCCC)C(=O)OCCCCCCN(CCCCCO)CCCCCCOC(=O)C(CCCCCC)CCCCCCC. The van der Waals surface area contributed by atoms with Crippen molar-refractivity contribution < 1.29 is 24.2 Å². The Morgan fingerprint density at radius 1 is 0.389 bits per heavy atom. The van der Waals surface area contributed by atoms with E-state index >= 15 is 0 Å². The number of nitrogens with zero attached hydrogens (tertiary/aromatic N) is 1. The van der Waals surface area contributed by atoms with Gasteiger partial charge in [0, 0.05) is 6.61 Å². The maximum absolute atomic E-state index is 13.0. The molecule has 322 valence electrons. The van der Waals surface area contributed by atoms with Crippen LogP contribution in [0.5, 0.6) is 0 Å². The van der Waals surface area contributed by atoms with E-state index in [0.29, 0.717) is 13.2 Å². The molecule has 6 nitrogen and oxygen atoms in total. The summed E-state index contributed by atoms with van der Waals surface area (Å²) in [5, 5.41) is 9.23. The van der Waals surface area contributed by atoms with Gasteiger partial charge < -0.3 is 19.5 Å². The molecule has 0 saturated carbocycles. The van der Waals surface area contributed by atoms with Gasteiger partial charge in [-0.15, -0.1) is 0 Å².